The van der Waals surface area contributed by atoms with Gasteiger partial charge in [0, 0.05) is 57.1 Å². The van der Waals surface area contributed by atoms with Gasteiger partial charge < -0.3 is 25.0 Å². The zero-order valence-corrected chi connectivity index (χ0v) is 45.8. The molecule has 14 heteroatoms. The van der Waals surface area contributed by atoms with E-state index < -0.39 is 15.4 Å². The minimum atomic E-state index is -1.11. The highest BCUT2D eigenvalue weighted by atomic mass is 16.6. The molecule has 9 aromatic rings. The largest absolute Gasteiger partial charge is 0.378 e. The molecule has 6 aromatic carbocycles. The van der Waals surface area contributed by atoms with Crippen LogP contribution in [0.3, 0.4) is 0 Å². The molecule has 10 rings (SSSR count). The number of anilines is 1. The van der Waals surface area contributed by atoms with E-state index in [0.29, 0.717) is 32.8 Å². The van der Waals surface area contributed by atoms with Gasteiger partial charge in [0.15, 0.2) is 0 Å². The molecule has 0 atom stereocenters. The molecule has 14 nitrogen and oxygen atoms in total. The third-order valence-electron chi connectivity index (χ3n) is 13.3. The highest BCUT2D eigenvalue weighted by Crippen LogP contribution is 2.38. The number of aliphatic hydroxyl groups is 1. The second-order valence-electron chi connectivity index (χ2n) is 21.6. The number of rotatable bonds is 6. The van der Waals surface area contributed by atoms with Crippen molar-refractivity contribution in [3.05, 3.63) is 212 Å². The van der Waals surface area contributed by atoms with Gasteiger partial charge in [0.2, 0.25) is 0 Å². The number of hydrogen-bond acceptors (Lipinski definition) is 9. The van der Waals surface area contributed by atoms with E-state index in [1.54, 1.807) is 98.8 Å². The van der Waals surface area contributed by atoms with Crippen LogP contribution in [0.2, 0.25) is 0 Å². The molecular weight excluding hydrogens is 993 g/mol. The van der Waals surface area contributed by atoms with Crippen LogP contribution >= 0.6 is 0 Å². The number of nitrogens with one attached hydrogen (secondary N) is 3. The minimum Gasteiger partial charge on any atom is -0.378 e. The summed E-state index contributed by atoms with van der Waals surface area (Å²) < 4.78 is 0. The lowest BCUT2D eigenvalue weighted by Crippen LogP contribution is -2.31. The van der Waals surface area contributed by atoms with Crippen LogP contribution in [0.25, 0.3) is 66.1 Å². The summed E-state index contributed by atoms with van der Waals surface area (Å²) in [5, 5.41) is 36.2. The van der Waals surface area contributed by atoms with Crippen molar-refractivity contribution in [2.75, 3.05) is 18.0 Å². The molecule has 0 radical (unpaired) electrons. The lowest BCUT2D eigenvalue weighted by Gasteiger charge is -2.31. The molecule has 0 amide bonds. The van der Waals surface area contributed by atoms with Crippen LogP contribution in [0.15, 0.2) is 142 Å². The summed E-state index contributed by atoms with van der Waals surface area (Å²) in [7, 11) is 0. The van der Waals surface area contributed by atoms with Crippen molar-refractivity contribution in [1.29, 1.82) is 0 Å². The van der Waals surface area contributed by atoms with Crippen LogP contribution in [-0.2, 0) is 0 Å². The summed E-state index contributed by atoms with van der Waals surface area (Å²) in [6.07, 6.45) is 3.70. The number of aryl methyl sites for hydroxylation is 4. The Morgan fingerprint density at radius 3 is 1.23 bits per heavy atom. The number of nitro groups is 2. The van der Waals surface area contributed by atoms with Crippen molar-refractivity contribution >= 4 is 49.4 Å². The maximum atomic E-state index is 12.8. The molecule has 0 unspecified atom stereocenters. The lowest BCUT2D eigenvalue weighted by molar-refractivity contribution is -0.382. The number of nitrogens with zero attached hydrogens (tertiary/aromatic N) is 3. The van der Waals surface area contributed by atoms with Crippen molar-refractivity contribution in [2.45, 2.75) is 87.2 Å². The van der Waals surface area contributed by atoms with Crippen LogP contribution < -0.4 is 21.6 Å². The van der Waals surface area contributed by atoms with Crippen molar-refractivity contribution in [1.82, 2.24) is 15.0 Å². The van der Waals surface area contributed by atoms with Gasteiger partial charge in [0.1, 0.15) is 17.0 Å². The molecule has 1 aliphatic heterocycles. The number of aromatic amines is 3. The third-order valence-corrected chi connectivity index (χ3v) is 13.3. The number of benzene rings is 6. The van der Waals surface area contributed by atoms with Crippen molar-refractivity contribution in [2.24, 2.45) is 5.41 Å². The fourth-order valence-corrected chi connectivity index (χ4v) is 9.38. The Morgan fingerprint density at radius 1 is 0.468 bits per heavy atom. The van der Waals surface area contributed by atoms with Gasteiger partial charge in [-0.25, -0.2) is 0 Å². The predicted molar refractivity (Wildman–Crippen MR) is 318 cm³/mol. The van der Waals surface area contributed by atoms with Gasteiger partial charge in [0.25, 0.3) is 16.7 Å². The molecule has 1 fully saturated rings. The molecule has 0 aliphatic carbocycles. The first-order chi connectivity index (χ1) is 37.4. The van der Waals surface area contributed by atoms with E-state index in [4.69, 9.17) is 0 Å². The van der Waals surface area contributed by atoms with Gasteiger partial charge in [-0.2, -0.15) is 0 Å². The zero-order chi connectivity index (χ0) is 56.9. The van der Waals surface area contributed by atoms with Crippen LogP contribution in [0.4, 0.5) is 17.1 Å². The summed E-state index contributed by atoms with van der Waals surface area (Å²) in [4.78, 5) is 71.2. The Balaban J connectivity index is 0.000000156. The zero-order valence-electron chi connectivity index (χ0n) is 45.8. The topological polar surface area (TPSA) is 208 Å². The normalized spacial score (nSPS) is 12.3. The van der Waals surface area contributed by atoms with Gasteiger partial charge in [0.05, 0.1) is 42.8 Å². The monoisotopic (exact) mass is 1050 g/mol. The van der Waals surface area contributed by atoms with Crippen molar-refractivity contribution in [3.63, 3.8) is 0 Å². The fraction of sp³-hybridized carbons (Fsp3) is 0.246. The van der Waals surface area contributed by atoms with Gasteiger partial charge in [-0.3, -0.25) is 34.6 Å². The van der Waals surface area contributed by atoms with Crippen LogP contribution in [0, 0.1) is 77.0 Å². The first-order valence-corrected chi connectivity index (χ1v) is 26.0. The van der Waals surface area contributed by atoms with Crippen molar-refractivity contribution < 1.29 is 15.0 Å². The Labute approximate surface area is 457 Å². The number of hydrogen-bond donors (Lipinski definition) is 4. The van der Waals surface area contributed by atoms with Crippen LogP contribution in [0.5, 0.6) is 0 Å². The van der Waals surface area contributed by atoms with Gasteiger partial charge in [-0.1, -0.05) is 119 Å². The van der Waals surface area contributed by atoms with Gasteiger partial charge in [-0.05, 0) is 136 Å². The highest BCUT2D eigenvalue weighted by Gasteiger charge is 2.25. The maximum Gasteiger partial charge on any atom is 0.301 e. The Kier molecular flexibility index (Phi) is 16.3. The van der Waals surface area contributed by atoms with E-state index in [2.05, 4.69) is 86.9 Å². The molecule has 0 saturated carbocycles. The molecule has 3 aromatic heterocycles. The molecule has 400 valence electrons. The Hall–Kier alpha value is -9.37. The summed E-state index contributed by atoms with van der Waals surface area (Å²) in [5.74, 6) is 11.8. The maximum absolute atomic E-state index is 12.8. The van der Waals surface area contributed by atoms with E-state index in [1.165, 1.54) is 30.5 Å². The second-order valence-corrected chi connectivity index (χ2v) is 21.6. The summed E-state index contributed by atoms with van der Waals surface area (Å²) in [6.45, 7) is 19.1. The molecule has 1 aliphatic rings. The van der Waals surface area contributed by atoms with E-state index in [-0.39, 0.29) is 50.2 Å². The van der Waals surface area contributed by atoms with Gasteiger partial charge >= 0.3 is 11.4 Å². The SMILES string of the molecule is Cc1ccc(-c2[nH]c(=O)c3cc(C)ccc3c2N2CCCCC2)cc1.Cc1ccc2c([N+](=O)[O-])c(-c3ccc(C#CC(C)(C)C)cc3)[nH]c(=O)c2c1.Cc1ccc2c([N+](=O)[O-])c(-c3ccc(C#CC(C)(C)O)cc3)[nH]c(=O)c2c1. The molecule has 4 N–H and O–H groups in total. The average Bonchev–Trinajstić information content (AvgIpc) is 3.43. The average molecular weight is 1060 g/mol. The molecule has 0 spiro atoms. The smallest absolute Gasteiger partial charge is 0.301 e. The van der Waals surface area contributed by atoms with E-state index in [0.717, 1.165) is 57.4 Å². The Bertz CT molecular complexity index is 3940. The molecule has 0 bridgehead atoms. The fourth-order valence-electron chi connectivity index (χ4n) is 9.38. The quantitative estimate of drug-likeness (QED) is 0.0708. The summed E-state index contributed by atoms with van der Waals surface area (Å²) >= 11 is 0. The minimum absolute atomic E-state index is 0.00460. The predicted octanol–water partition coefficient (Wildman–Crippen LogP) is 13.1. The molecule has 1 saturated heterocycles. The number of aromatic nitrogens is 3. The van der Waals surface area contributed by atoms with E-state index in [9.17, 15) is 39.7 Å². The third kappa shape index (κ3) is 13.3. The van der Waals surface area contributed by atoms with E-state index >= 15 is 0 Å². The molecular formula is C65H62N6O8. The molecule has 79 heavy (non-hydrogen) atoms. The number of fused-ring (bicyclic) bond motifs is 3. The number of pyridine rings is 3. The highest BCUT2D eigenvalue weighted by molar-refractivity contribution is 6.01. The van der Waals surface area contributed by atoms with Gasteiger partial charge in [-0.15, -0.1) is 0 Å². The van der Waals surface area contributed by atoms with Crippen molar-refractivity contribution in [3.8, 4) is 57.5 Å². The van der Waals surface area contributed by atoms with Crippen LogP contribution in [0.1, 0.15) is 87.3 Å². The summed E-state index contributed by atoms with van der Waals surface area (Å²) in [6, 6.07) is 38.5. The molecule has 4 heterocycles. The Morgan fingerprint density at radius 2 is 0.823 bits per heavy atom. The summed E-state index contributed by atoms with van der Waals surface area (Å²) in [5.41, 5.74) is 7.99. The number of H-pyrrole nitrogens is 3. The van der Waals surface area contributed by atoms with E-state index in [1.807, 2.05) is 47.6 Å². The first-order valence-electron chi connectivity index (χ1n) is 26.0. The number of piperidine rings is 1. The lowest BCUT2D eigenvalue weighted by atomic mass is 9.97. The first kappa shape index (κ1) is 55.9. The standard InChI is InChI=1S/C22H20N2O3.C22H24N2O.C21H18N2O4/c1-14-5-10-17-18(13-14)21(25)23-19(20(17)24(26)27)16-8-6-15(7-9-16)11-12-22(2,3)4;1-15-6-9-17(10-7-15)20-21(24-12-4-3-5-13-24)18-11-8-16(2)14-19(18)22(25)23-20;1-13-4-9-16-17(12-13)20(24)22-18(19(16)23(26)27)15-7-5-14(6-8-15)10-11-21(2,3)25/h5-10,13H,1-4H3,(H,23,25);6-11,14H,3-5,12-13H2,1-2H3,(H,23,25);4-9,12,25H,1-3H3,(H,22,24). The van der Waals surface area contributed by atoms with Crippen LogP contribution in [-0.4, -0.2) is 48.6 Å². The second kappa shape index (κ2) is 23.1.